The van der Waals surface area contributed by atoms with Crippen molar-refractivity contribution in [2.75, 3.05) is 0 Å². The van der Waals surface area contributed by atoms with Crippen LogP contribution in [0.25, 0.3) is 0 Å². The second kappa shape index (κ2) is 4.63. The van der Waals surface area contributed by atoms with Gasteiger partial charge in [-0.05, 0) is 46.0 Å². The Morgan fingerprint density at radius 1 is 1.50 bits per heavy atom. The number of allylic oxidation sites excluding steroid dienone is 2. The lowest BCUT2D eigenvalue weighted by atomic mass is 9.88. The molecule has 14 heavy (non-hydrogen) atoms. The second-order valence-electron chi connectivity index (χ2n) is 4.49. The van der Waals surface area contributed by atoms with Gasteiger partial charge in [0.15, 0.2) is 0 Å². The lowest BCUT2D eigenvalue weighted by molar-refractivity contribution is -0.156. The predicted molar refractivity (Wildman–Crippen MR) is 57.0 cm³/mol. The minimum Gasteiger partial charge on any atom is -0.460 e. The number of esters is 1. The van der Waals surface area contributed by atoms with Crippen molar-refractivity contribution in [1.82, 2.24) is 0 Å². The summed E-state index contributed by atoms with van der Waals surface area (Å²) < 4.78 is 5.40. The van der Waals surface area contributed by atoms with Gasteiger partial charge in [0, 0.05) is 6.92 Å². The van der Waals surface area contributed by atoms with Crippen LogP contribution in [0.15, 0.2) is 11.6 Å². The normalized spacial score (nSPS) is 32.4. The van der Waals surface area contributed by atoms with Crippen LogP contribution in [0.1, 0.15) is 52.9 Å². The van der Waals surface area contributed by atoms with Crippen molar-refractivity contribution < 1.29 is 9.53 Å². The minimum absolute atomic E-state index is 0.158. The first-order chi connectivity index (χ1) is 6.52. The Bertz CT molecular complexity index is 243. The molecule has 0 bridgehead atoms. The molecular formula is C12H20O2. The molecule has 0 radical (unpaired) electrons. The maximum absolute atomic E-state index is 11.0. The monoisotopic (exact) mass is 196 g/mol. The Kier molecular flexibility index (Phi) is 3.73. The number of carbonyl (C=O) groups excluding carboxylic acids is 1. The molecule has 1 aliphatic carbocycles. The highest BCUT2D eigenvalue weighted by atomic mass is 16.6. The molecule has 0 saturated heterocycles. The van der Waals surface area contributed by atoms with E-state index in [9.17, 15) is 4.79 Å². The molecule has 0 fully saturated rings. The number of ether oxygens (including phenoxy) is 1. The van der Waals surface area contributed by atoms with Crippen molar-refractivity contribution in [3.8, 4) is 0 Å². The van der Waals surface area contributed by atoms with Gasteiger partial charge in [0.25, 0.3) is 0 Å². The summed E-state index contributed by atoms with van der Waals surface area (Å²) in [7, 11) is 0. The van der Waals surface area contributed by atoms with Gasteiger partial charge >= 0.3 is 5.97 Å². The first kappa shape index (κ1) is 11.3. The molecular weight excluding hydrogens is 176 g/mol. The molecule has 2 nitrogen and oxygen atoms in total. The molecule has 2 heteroatoms. The zero-order chi connectivity index (χ0) is 10.6. The summed E-state index contributed by atoms with van der Waals surface area (Å²) in [6.07, 6.45) is 7.51. The van der Waals surface area contributed by atoms with E-state index in [0.717, 1.165) is 32.1 Å². The third kappa shape index (κ3) is 3.52. The fourth-order valence-electron chi connectivity index (χ4n) is 1.96. The number of carbonyl (C=O) groups is 1. The number of hydrogen-bond acceptors (Lipinski definition) is 2. The summed E-state index contributed by atoms with van der Waals surface area (Å²) in [5, 5.41) is 0. The largest absolute Gasteiger partial charge is 0.460 e. The minimum atomic E-state index is -0.235. The van der Waals surface area contributed by atoms with Crippen LogP contribution in [-0.2, 0) is 9.53 Å². The first-order valence-corrected chi connectivity index (χ1v) is 5.37. The molecule has 0 amide bonds. The molecule has 0 aromatic heterocycles. The van der Waals surface area contributed by atoms with Gasteiger partial charge in [0.1, 0.15) is 5.60 Å². The van der Waals surface area contributed by atoms with Crippen LogP contribution in [0.2, 0.25) is 0 Å². The molecule has 0 spiro atoms. The van der Waals surface area contributed by atoms with E-state index in [-0.39, 0.29) is 11.6 Å². The summed E-state index contributed by atoms with van der Waals surface area (Å²) >= 11 is 0. The zero-order valence-electron chi connectivity index (χ0n) is 9.43. The molecule has 0 aromatic rings. The van der Waals surface area contributed by atoms with Crippen LogP contribution in [0.3, 0.4) is 0 Å². The Hall–Kier alpha value is -0.790. The van der Waals surface area contributed by atoms with Gasteiger partial charge in [0.2, 0.25) is 0 Å². The molecule has 0 aromatic carbocycles. The quantitative estimate of drug-likeness (QED) is 0.475. The number of hydrogen-bond donors (Lipinski definition) is 0. The van der Waals surface area contributed by atoms with Gasteiger partial charge in [-0.3, -0.25) is 4.79 Å². The highest BCUT2D eigenvalue weighted by Gasteiger charge is 2.27. The molecule has 0 aliphatic heterocycles. The SMILES string of the molecule is CC(=O)OC1(C)CCC/C=C(/C)CC1. The summed E-state index contributed by atoms with van der Waals surface area (Å²) in [4.78, 5) is 11.0. The van der Waals surface area contributed by atoms with Gasteiger partial charge < -0.3 is 4.74 Å². The van der Waals surface area contributed by atoms with Gasteiger partial charge in [-0.2, -0.15) is 0 Å². The van der Waals surface area contributed by atoms with E-state index < -0.39 is 0 Å². The Balaban J connectivity index is 2.60. The highest BCUT2D eigenvalue weighted by Crippen LogP contribution is 2.29. The van der Waals surface area contributed by atoms with Gasteiger partial charge in [-0.1, -0.05) is 11.6 Å². The van der Waals surface area contributed by atoms with Crippen molar-refractivity contribution in [3.63, 3.8) is 0 Å². The van der Waals surface area contributed by atoms with Crippen LogP contribution in [0.4, 0.5) is 0 Å². The average molecular weight is 196 g/mol. The third-order valence-corrected chi connectivity index (χ3v) is 2.84. The van der Waals surface area contributed by atoms with E-state index in [1.54, 1.807) is 0 Å². The van der Waals surface area contributed by atoms with Gasteiger partial charge in [-0.25, -0.2) is 0 Å². The van der Waals surface area contributed by atoms with E-state index in [2.05, 4.69) is 13.0 Å². The van der Waals surface area contributed by atoms with E-state index in [1.807, 2.05) is 6.92 Å². The maximum atomic E-state index is 11.0. The summed E-state index contributed by atoms with van der Waals surface area (Å²) in [5.74, 6) is -0.158. The van der Waals surface area contributed by atoms with E-state index in [1.165, 1.54) is 12.5 Å². The number of rotatable bonds is 1. The summed E-state index contributed by atoms with van der Waals surface area (Å²) in [6, 6.07) is 0. The molecule has 1 rings (SSSR count). The van der Waals surface area contributed by atoms with Crippen LogP contribution in [-0.4, -0.2) is 11.6 Å². The van der Waals surface area contributed by atoms with Crippen molar-refractivity contribution in [3.05, 3.63) is 11.6 Å². The smallest absolute Gasteiger partial charge is 0.303 e. The van der Waals surface area contributed by atoms with Crippen LogP contribution >= 0.6 is 0 Å². The predicted octanol–water partition coefficient (Wildman–Crippen LogP) is 3.22. The topological polar surface area (TPSA) is 26.3 Å². The fraction of sp³-hybridized carbons (Fsp3) is 0.750. The van der Waals surface area contributed by atoms with Crippen molar-refractivity contribution in [2.45, 2.75) is 58.5 Å². The second-order valence-corrected chi connectivity index (χ2v) is 4.49. The van der Waals surface area contributed by atoms with Crippen molar-refractivity contribution in [1.29, 1.82) is 0 Å². The lowest BCUT2D eigenvalue weighted by Gasteiger charge is -2.30. The average Bonchev–Trinajstić information content (AvgIpc) is 2.06. The fourth-order valence-corrected chi connectivity index (χ4v) is 1.96. The standard InChI is InChI=1S/C12H20O2/c1-10-6-4-5-8-12(3,9-7-10)14-11(2)13/h6H,4-5,7-9H2,1-3H3/b10-6-. The first-order valence-electron chi connectivity index (χ1n) is 5.37. The Labute approximate surface area is 86.3 Å². The third-order valence-electron chi connectivity index (χ3n) is 2.84. The lowest BCUT2D eigenvalue weighted by Crippen LogP contribution is -2.31. The highest BCUT2D eigenvalue weighted by molar-refractivity contribution is 5.66. The van der Waals surface area contributed by atoms with Crippen LogP contribution < -0.4 is 0 Å². The van der Waals surface area contributed by atoms with E-state index in [0.29, 0.717) is 0 Å². The maximum Gasteiger partial charge on any atom is 0.303 e. The Morgan fingerprint density at radius 3 is 2.86 bits per heavy atom. The molecule has 0 N–H and O–H groups in total. The molecule has 1 unspecified atom stereocenters. The van der Waals surface area contributed by atoms with Gasteiger partial charge in [-0.15, -0.1) is 0 Å². The van der Waals surface area contributed by atoms with E-state index >= 15 is 0 Å². The zero-order valence-corrected chi connectivity index (χ0v) is 9.43. The molecule has 80 valence electrons. The molecule has 0 heterocycles. The summed E-state index contributed by atoms with van der Waals surface area (Å²) in [6.45, 7) is 5.69. The van der Waals surface area contributed by atoms with Crippen molar-refractivity contribution >= 4 is 5.97 Å². The van der Waals surface area contributed by atoms with Crippen LogP contribution in [0, 0.1) is 0 Å². The molecule has 0 saturated carbocycles. The van der Waals surface area contributed by atoms with E-state index in [4.69, 9.17) is 4.74 Å². The molecule has 1 aliphatic rings. The summed E-state index contributed by atoms with van der Waals surface area (Å²) in [5.41, 5.74) is 1.18. The van der Waals surface area contributed by atoms with Gasteiger partial charge in [0.05, 0.1) is 0 Å². The van der Waals surface area contributed by atoms with Crippen molar-refractivity contribution in [2.24, 2.45) is 0 Å². The molecule has 1 atom stereocenters. The Morgan fingerprint density at radius 2 is 2.21 bits per heavy atom. The van der Waals surface area contributed by atoms with Crippen LogP contribution in [0.5, 0.6) is 0 Å².